The monoisotopic (exact) mass is 224 g/mol. The third-order valence-corrected chi connectivity index (χ3v) is 4.66. The molecule has 1 saturated carbocycles. The van der Waals surface area contributed by atoms with Gasteiger partial charge in [0.15, 0.2) is 0 Å². The van der Waals surface area contributed by atoms with Gasteiger partial charge in [0.25, 0.3) is 0 Å². The van der Waals surface area contributed by atoms with Gasteiger partial charge < -0.3 is 5.32 Å². The molecule has 16 heavy (non-hydrogen) atoms. The summed E-state index contributed by atoms with van der Waals surface area (Å²) in [5, 5.41) is 3.36. The lowest BCUT2D eigenvalue weighted by Crippen LogP contribution is -2.53. The lowest BCUT2D eigenvalue weighted by molar-refractivity contribution is 0.0284. The van der Waals surface area contributed by atoms with Crippen LogP contribution >= 0.6 is 0 Å². The zero-order valence-electron chi connectivity index (χ0n) is 11.0. The molecular formula is C14H28N2. The van der Waals surface area contributed by atoms with Crippen molar-refractivity contribution in [2.75, 3.05) is 20.1 Å². The van der Waals surface area contributed by atoms with Crippen LogP contribution in [-0.2, 0) is 0 Å². The third kappa shape index (κ3) is 2.60. The second-order valence-corrected chi connectivity index (χ2v) is 5.61. The standard InChI is InChI=1S/C14H28N2/c1-3-13-7-5-4-6-10-16(13)14-9-8-12(14)11-15-2/h12-15H,3-11H2,1-2H3. The van der Waals surface area contributed by atoms with Crippen LogP contribution in [0, 0.1) is 5.92 Å². The van der Waals surface area contributed by atoms with E-state index in [2.05, 4.69) is 24.2 Å². The minimum atomic E-state index is 0.882. The van der Waals surface area contributed by atoms with Crippen LogP contribution in [0.25, 0.3) is 0 Å². The lowest BCUT2D eigenvalue weighted by Gasteiger charge is -2.47. The summed E-state index contributed by atoms with van der Waals surface area (Å²) in [6, 6.07) is 1.78. The molecule has 3 atom stereocenters. The van der Waals surface area contributed by atoms with Gasteiger partial charge in [0.05, 0.1) is 0 Å². The SMILES string of the molecule is CCC1CCCCCN1C1CCC1CNC. The van der Waals surface area contributed by atoms with Crippen LogP contribution in [0.1, 0.15) is 51.9 Å². The van der Waals surface area contributed by atoms with Crippen molar-refractivity contribution >= 4 is 0 Å². The second-order valence-electron chi connectivity index (χ2n) is 5.61. The van der Waals surface area contributed by atoms with E-state index in [1.807, 2.05) is 0 Å². The first-order chi connectivity index (χ1) is 7.86. The highest BCUT2D eigenvalue weighted by Crippen LogP contribution is 2.35. The largest absolute Gasteiger partial charge is 0.319 e. The average molecular weight is 224 g/mol. The van der Waals surface area contributed by atoms with Crippen LogP contribution in [0.3, 0.4) is 0 Å². The van der Waals surface area contributed by atoms with E-state index in [9.17, 15) is 0 Å². The Morgan fingerprint density at radius 2 is 2.00 bits per heavy atom. The van der Waals surface area contributed by atoms with E-state index >= 15 is 0 Å². The number of hydrogen-bond acceptors (Lipinski definition) is 2. The molecule has 94 valence electrons. The molecule has 2 heteroatoms. The number of hydrogen-bond donors (Lipinski definition) is 1. The molecule has 2 rings (SSSR count). The van der Waals surface area contributed by atoms with Crippen molar-refractivity contribution in [2.24, 2.45) is 5.92 Å². The first-order valence-electron chi connectivity index (χ1n) is 7.27. The fraction of sp³-hybridized carbons (Fsp3) is 1.00. The van der Waals surface area contributed by atoms with Gasteiger partial charge >= 0.3 is 0 Å². The van der Waals surface area contributed by atoms with Gasteiger partial charge in [-0.05, 0) is 58.2 Å². The Kier molecular flexibility index (Phi) is 4.66. The third-order valence-electron chi connectivity index (χ3n) is 4.66. The minimum Gasteiger partial charge on any atom is -0.319 e. The molecule has 1 aliphatic carbocycles. The molecule has 1 saturated heterocycles. The first kappa shape index (κ1) is 12.4. The summed E-state index contributed by atoms with van der Waals surface area (Å²) in [5.74, 6) is 0.928. The van der Waals surface area contributed by atoms with Gasteiger partial charge in [-0.25, -0.2) is 0 Å². The maximum Gasteiger partial charge on any atom is 0.0139 e. The molecule has 0 radical (unpaired) electrons. The van der Waals surface area contributed by atoms with E-state index in [-0.39, 0.29) is 0 Å². The molecule has 3 unspecified atom stereocenters. The fourth-order valence-corrected chi connectivity index (χ4v) is 3.56. The van der Waals surface area contributed by atoms with Crippen molar-refractivity contribution in [2.45, 2.75) is 64.0 Å². The summed E-state index contributed by atoms with van der Waals surface area (Å²) in [6.45, 7) is 4.95. The molecule has 1 aliphatic heterocycles. The molecule has 0 spiro atoms. The van der Waals surface area contributed by atoms with Gasteiger partial charge in [0.1, 0.15) is 0 Å². The molecule has 0 aromatic carbocycles. The first-order valence-corrected chi connectivity index (χ1v) is 7.27. The van der Waals surface area contributed by atoms with Gasteiger partial charge in [-0.3, -0.25) is 4.90 Å². The van der Waals surface area contributed by atoms with E-state index in [0.717, 1.165) is 18.0 Å². The van der Waals surface area contributed by atoms with Gasteiger partial charge in [0.2, 0.25) is 0 Å². The number of likely N-dealkylation sites (tertiary alicyclic amines) is 1. The topological polar surface area (TPSA) is 15.3 Å². The maximum atomic E-state index is 3.36. The summed E-state index contributed by atoms with van der Waals surface area (Å²) in [6.07, 6.45) is 10.0. The van der Waals surface area contributed by atoms with Crippen molar-refractivity contribution in [1.82, 2.24) is 10.2 Å². The van der Waals surface area contributed by atoms with Gasteiger partial charge in [-0.15, -0.1) is 0 Å². The Hall–Kier alpha value is -0.0800. The Balaban J connectivity index is 1.93. The lowest BCUT2D eigenvalue weighted by atomic mass is 9.77. The van der Waals surface area contributed by atoms with E-state index < -0.39 is 0 Å². The van der Waals surface area contributed by atoms with E-state index in [1.54, 1.807) is 0 Å². The predicted octanol–water partition coefficient (Wildman–Crippen LogP) is 2.64. The van der Waals surface area contributed by atoms with Crippen molar-refractivity contribution in [3.63, 3.8) is 0 Å². The Bertz CT molecular complexity index is 205. The van der Waals surface area contributed by atoms with Gasteiger partial charge in [-0.2, -0.15) is 0 Å². The van der Waals surface area contributed by atoms with E-state index in [4.69, 9.17) is 0 Å². The number of nitrogens with zero attached hydrogens (tertiary/aromatic N) is 1. The molecular weight excluding hydrogens is 196 g/mol. The maximum absolute atomic E-state index is 3.36. The minimum absolute atomic E-state index is 0.882. The molecule has 0 aromatic rings. The van der Waals surface area contributed by atoms with Crippen LogP contribution in [-0.4, -0.2) is 37.1 Å². The summed E-state index contributed by atoms with van der Waals surface area (Å²) < 4.78 is 0. The number of nitrogens with one attached hydrogen (secondary N) is 1. The molecule has 1 N–H and O–H groups in total. The van der Waals surface area contributed by atoms with Gasteiger partial charge in [-0.1, -0.05) is 19.8 Å². The second kappa shape index (κ2) is 6.02. The van der Waals surface area contributed by atoms with Crippen LogP contribution in [0.5, 0.6) is 0 Å². The van der Waals surface area contributed by atoms with E-state index in [1.165, 1.54) is 58.0 Å². The van der Waals surface area contributed by atoms with Crippen molar-refractivity contribution in [3.05, 3.63) is 0 Å². The Labute approximate surface area is 101 Å². The highest BCUT2D eigenvalue weighted by atomic mass is 15.2. The normalized spacial score (nSPS) is 36.8. The van der Waals surface area contributed by atoms with Gasteiger partial charge in [0, 0.05) is 12.1 Å². The smallest absolute Gasteiger partial charge is 0.0139 e. The Morgan fingerprint density at radius 3 is 2.62 bits per heavy atom. The Morgan fingerprint density at radius 1 is 1.12 bits per heavy atom. The average Bonchev–Trinajstić information content (AvgIpc) is 2.50. The summed E-state index contributed by atoms with van der Waals surface area (Å²) in [4.78, 5) is 2.86. The molecule has 2 fully saturated rings. The van der Waals surface area contributed by atoms with Crippen molar-refractivity contribution in [3.8, 4) is 0 Å². The highest BCUT2D eigenvalue weighted by molar-refractivity contribution is 4.93. The quantitative estimate of drug-likeness (QED) is 0.790. The highest BCUT2D eigenvalue weighted by Gasteiger charge is 2.37. The number of rotatable bonds is 4. The van der Waals surface area contributed by atoms with Crippen molar-refractivity contribution < 1.29 is 0 Å². The predicted molar refractivity (Wildman–Crippen MR) is 69.7 cm³/mol. The van der Waals surface area contributed by atoms with Crippen LogP contribution in [0.4, 0.5) is 0 Å². The summed E-state index contributed by atoms with van der Waals surface area (Å²) in [5.41, 5.74) is 0. The fourth-order valence-electron chi connectivity index (χ4n) is 3.56. The van der Waals surface area contributed by atoms with Crippen LogP contribution in [0.15, 0.2) is 0 Å². The molecule has 0 bridgehead atoms. The van der Waals surface area contributed by atoms with Crippen LogP contribution < -0.4 is 5.32 Å². The zero-order chi connectivity index (χ0) is 11.4. The molecule has 1 heterocycles. The molecule has 2 aliphatic rings. The summed E-state index contributed by atoms with van der Waals surface area (Å²) >= 11 is 0. The molecule has 0 amide bonds. The molecule has 2 nitrogen and oxygen atoms in total. The van der Waals surface area contributed by atoms with E-state index in [0.29, 0.717) is 0 Å². The zero-order valence-corrected chi connectivity index (χ0v) is 11.0. The van der Waals surface area contributed by atoms with Crippen LogP contribution in [0.2, 0.25) is 0 Å². The summed E-state index contributed by atoms with van der Waals surface area (Å²) in [7, 11) is 2.09. The van der Waals surface area contributed by atoms with Crippen molar-refractivity contribution in [1.29, 1.82) is 0 Å². The molecule has 0 aromatic heterocycles.